The number of ether oxygens (including phenoxy) is 2. The van der Waals surface area contributed by atoms with Crippen LogP contribution in [0.5, 0.6) is 0 Å². The fraction of sp³-hybridized carbons (Fsp3) is 0.759. The molecule has 1 saturated carbocycles. The van der Waals surface area contributed by atoms with E-state index in [4.69, 9.17) is 14.7 Å². The van der Waals surface area contributed by atoms with Crippen LogP contribution in [-0.4, -0.2) is 13.2 Å². The van der Waals surface area contributed by atoms with Gasteiger partial charge in [-0.15, -0.1) is 0 Å². The van der Waals surface area contributed by atoms with Crippen LogP contribution in [0.2, 0.25) is 0 Å². The lowest BCUT2D eigenvalue weighted by Gasteiger charge is -2.32. The van der Waals surface area contributed by atoms with Crippen LogP contribution in [0.4, 0.5) is 4.39 Å². The molecule has 33 heavy (non-hydrogen) atoms. The minimum Gasteiger partial charge on any atom is -0.348 e. The van der Waals surface area contributed by atoms with Crippen molar-refractivity contribution < 1.29 is 13.9 Å². The van der Waals surface area contributed by atoms with E-state index in [-0.39, 0.29) is 5.56 Å². The van der Waals surface area contributed by atoms with Gasteiger partial charge in [-0.3, -0.25) is 0 Å². The molecule has 0 spiro atoms. The molecule has 1 heterocycles. The van der Waals surface area contributed by atoms with Crippen LogP contribution >= 0.6 is 0 Å². The highest BCUT2D eigenvalue weighted by atomic mass is 19.1. The second-order valence-corrected chi connectivity index (χ2v) is 10.4. The first-order valence-corrected chi connectivity index (χ1v) is 13.6. The van der Waals surface area contributed by atoms with Crippen molar-refractivity contribution in [1.29, 1.82) is 5.26 Å². The van der Waals surface area contributed by atoms with Crippen LogP contribution in [0.3, 0.4) is 0 Å². The molecule has 184 valence electrons. The molecular formula is C29H44FNO2. The molecule has 0 unspecified atom stereocenters. The van der Waals surface area contributed by atoms with Crippen LogP contribution in [0.1, 0.15) is 121 Å². The molecule has 1 saturated heterocycles. The third-order valence-electron chi connectivity index (χ3n) is 7.77. The van der Waals surface area contributed by atoms with Gasteiger partial charge in [0, 0.05) is 11.5 Å². The van der Waals surface area contributed by atoms with Gasteiger partial charge in [0.2, 0.25) is 0 Å². The topological polar surface area (TPSA) is 42.2 Å². The first kappa shape index (κ1) is 26.2. The number of hydrogen-bond acceptors (Lipinski definition) is 3. The molecule has 0 radical (unpaired) electrons. The third kappa shape index (κ3) is 9.02. The van der Waals surface area contributed by atoms with Crippen molar-refractivity contribution in [3.63, 3.8) is 0 Å². The summed E-state index contributed by atoms with van der Waals surface area (Å²) in [6.07, 6.45) is 20.3. The van der Waals surface area contributed by atoms with Gasteiger partial charge in [0.15, 0.2) is 6.29 Å². The summed E-state index contributed by atoms with van der Waals surface area (Å²) >= 11 is 0. The lowest BCUT2D eigenvalue weighted by molar-refractivity contribution is -0.206. The molecule has 0 N–H and O–H groups in total. The summed E-state index contributed by atoms with van der Waals surface area (Å²) in [7, 11) is 0. The minimum absolute atomic E-state index is 0.0555. The number of rotatable bonds is 13. The van der Waals surface area contributed by atoms with Crippen molar-refractivity contribution in [3.05, 3.63) is 35.1 Å². The van der Waals surface area contributed by atoms with Crippen LogP contribution in [0.25, 0.3) is 0 Å². The van der Waals surface area contributed by atoms with E-state index < -0.39 is 12.1 Å². The van der Waals surface area contributed by atoms with E-state index in [2.05, 4.69) is 6.92 Å². The predicted molar refractivity (Wildman–Crippen MR) is 131 cm³/mol. The molecule has 1 aliphatic carbocycles. The van der Waals surface area contributed by atoms with Crippen molar-refractivity contribution >= 4 is 0 Å². The Kier molecular flexibility index (Phi) is 11.7. The monoisotopic (exact) mass is 457 g/mol. The summed E-state index contributed by atoms with van der Waals surface area (Å²) < 4.78 is 25.6. The number of halogens is 1. The van der Waals surface area contributed by atoms with Crippen molar-refractivity contribution in [1.82, 2.24) is 0 Å². The summed E-state index contributed by atoms with van der Waals surface area (Å²) in [5, 5.41) is 8.87. The quantitative estimate of drug-likeness (QED) is 0.279. The molecular weight excluding hydrogens is 413 g/mol. The Balaban J connectivity index is 1.23. The van der Waals surface area contributed by atoms with Gasteiger partial charge in [0.05, 0.1) is 18.8 Å². The van der Waals surface area contributed by atoms with E-state index in [1.54, 1.807) is 6.07 Å². The van der Waals surface area contributed by atoms with E-state index in [9.17, 15) is 4.39 Å². The van der Waals surface area contributed by atoms with E-state index in [0.29, 0.717) is 24.7 Å². The molecule has 1 aliphatic heterocycles. The van der Waals surface area contributed by atoms with Gasteiger partial charge in [0.1, 0.15) is 11.9 Å². The highest BCUT2D eigenvalue weighted by molar-refractivity contribution is 5.33. The Morgan fingerprint density at radius 3 is 2.00 bits per heavy atom. The zero-order valence-corrected chi connectivity index (χ0v) is 20.7. The van der Waals surface area contributed by atoms with Gasteiger partial charge in [-0.25, -0.2) is 4.39 Å². The maximum Gasteiger partial charge on any atom is 0.183 e. The zero-order chi connectivity index (χ0) is 23.3. The molecule has 0 atom stereocenters. The molecule has 3 nitrogen and oxygen atoms in total. The Morgan fingerprint density at radius 2 is 1.39 bits per heavy atom. The summed E-state index contributed by atoms with van der Waals surface area (Å²) in [5.74, 6) is 1.75. The maximum atomic E-state index is 13.9. The normalized spacial score (nSPS) is 25.6. The van der Waals surface area contributed by atoms with Crippen molar-refractivity contribution in [2.75, 3.05) is 13.2 Å². The minimum atomic E-state index is -0.518. The largest absolute Gasteiger partial charge is 0.348 e. The molecule has 2 aliphatic rings. The fourth-order valence-corrected chi connectivity index (χ4v) is 5.52. The predicted octanol–water partition coefficient (Wildman–Crippen LogP) is 8.48. The highest BCUT2D eigenvalue weighted by Gasteiger charge is 2.26. The standard InChI is InChI=1S/C29H44FNO2/c1-2-3-4-5-6-7-8-9-10-23-11-13-24(14-12-23)15-16-25-21-32-29(33-22-25)26-17-18-27(20-31)28(30)19-26/h17-19,23-25,29H,2-16,21-22H2,1H3/t23-,24-,25-,29-. The highest BCUT2D eigenvalue weighted by Crippen LogP contribution is 2.36. The third-order valence-corrected chi connectivity index (χ3v) is 7.77. The summed E-state index contributed by atoms with van der Waals surface area (Å²) in [5.41, 5.74) is 0.708. The number of benzene rings is 1. The van der Waals surface area contributed by atoms with Crippen molar-refractivity contribution in [2.24, 2.45) is 17.8 Å². The van der Waals surface area contributed by atoms with Crippen molar-refractivity contribution in [3.8, 4) is 6.07 Å². The molecule has 3 rings (SSSR count). The molecule has 4 heteroatoms. The lowest BCUT2D eigenvalue weighted by atomic mass is 9.77. The van der Waals surface area contributed by atoms with Gasteiger partial charge in [0.25, 0.3) is 0 Å². The van der Waals surface area contributed by atoms with E-state index in [0.717, 1.165) is 18.3 Å². The lowest BCUT2D eigenvalue weighted by Crippen LogP contribution is -2.28. The number of nitriles is 1. The smallest absolute Gasteiger partial charge is 0.183 e. The summed E-state index contributed by atoms with van der Waals surface area (Å²) in [4.78, 5) is 0. The number of nitrogens with zero attached hydrogens (tertiary/aromatic N) is 1. The Labute approximate surface area is 201 Å². The van der Waals surface area contributed by atoms with Gasteiger partial charge < -0.3 is 9.47 Å². The van der Waals surface area contributed by atoms with Gasteiger partial charge >= 0.3 is 0 Å². The maximum absolute atomic E-state index is 13.9. The second kappa shape index (κ2) is 14.7. The molecule has 0 bridgehead atoms. The summed E-state index contributed by atoms with van der Waals surface area (Å²) in [6, 6.07) is 6.42. The second-order valence-electron chi connectivity index (χ2n) is 10.4. The Morgan fingerprint density at radius 1 is 0.818 bits per heavy atom. The van der Waals surface area contributed by atoms with Gasteiger partial charge in [-0.1, -0.05) is 103 Å². The first-order valence-electron chi connectivity index (χ1n) is 13.6. The average Bonchev–Trinajstić information content (AvgIpc) is 2.85. The van der Waals surface area contributed by atoms with Crippen LogP contribution < -0.4 is 0 Å². The van der Waals surface area contributed by atoms with Crippen molar-refractivity contribution in [2.45, 2.75) is 110 Å². The van der Waals surface area contributed by atoms with Gasteiger partial charge in [-0.05, 0) is 30.4 Å². The Bertz CT molecular complexity index is 715. The van der Waals surface area contributed by atoms with Crippen LogP contribution in [0.15, 0.2) is 18.2 Å². The molecule has 2 fully saturated rings. The van der Waals surface area contributed by atoms with E-state index in [1.165, 1.54) is 102 Å². The summed E-state index contributed by atoms with van der Waals surface area (Å²) in [6.45, 7) is 3.62. The van der Waals surface area contributed by atoms with E-state index >= 15 is 0 Å². The van der Waals surface area contributed by atoms with Crippen LogP contribution in [-0.2, 0) is 9.47 Å². The SMILES string of the molecule is CCCCCCCCCC[C@H]1CC[C@H](CC[C@H]2CO[C@H](c3ccc(C#N)c(F)c3)OC2)CC1. The van der Waals surface area contributed by atoms with Gasteiger partial charge in [-0.2, -0.15) is 5.26 Å². The number of unbranched alkanes of at least 4 members (excludes halogenated alkanes) is 7. The molecule has 0 amide bonds. The van der Waals surface area contributed by atoms with E-state index in [1.807, 2.05) is 6.07 Å². The Hall–Kier alpha value is -1.44. The molecule has 0 aromatic heterocycles. The molecule has 1 aromatic carbocycles. The first-order chi connectivity index (χ1) is 16.2. The molecule has 1 aromatic rings. The fourth-order valence-electron chi connectivity index (χ4n) is 5.52. The zero-order valence-electron chi connectivity index (χ0n) is 20.7. The number of hydrogen-bond donors (Lipinski definition) is 0. The average molecular weight is 458 g/mol. The van der Waals surface area contributed by atoms with Crippen LogP contribution in [0, 0.1) is 34.9 Å².